The Kier molecular flexibility index (Phi) is 13.7. The molecule has 6 heteroatoms. The number of hydrogen-bond acceptors (Lipinski definition) is 5. The van der Waals surface area contributed by atoms with Crippen LogP contribution in [0.5, 0.6) is 0 Å². The fraction of sp³-hybridized carbons (Fsp3) is 0.529. The standard InChI is InChI=1S/C10H19NO4.C6H6.CH5N/c1-7(6-8(12)14-5)11-9(13)15-10(2,3)4;1-2-4-6-5-3-1;1-2/h7H,6H2,1-5H3,(H,11,13);1-6H;2H2,1H3. The van der Waals surface area contributed by atoms with Gasteiger partial charge in [-0.1, -0.05) is 36.4 Å². The zero-order valence-electron chi connectivity index (χ0n) is 15.0. The van der Waals surface area contributed by atoms with Crippen molar-refractivity contribution in [2.45, 2.75) is 45.8 Å². The molecule has 1 rings (SSSR count). The molecule has 1 aromatic rings. The van der Waals surface area contributed by atoms with Crippen molar-refractivity contribution in [3.63, 3.8) is 0 Å². The number of carbonyl (C=O) groups excluding carboxylic acids is 2. The molecule has 6 nitrogen and oxygen atoms in total. The van der Waals surface area contributed by atoms with Crippen LogP contribution < -0.4 is 11.1 Å². The molecule has 1 amide bonds. The maximum absolute atomic E-state index is 11.3. The Morgan fingerprint density at radius 3 is 1.74 bits per heavy atom. The second-order valence-corrected chi connectivity index (χ2v) is 5.48. The Hall–Kier alpha value is -2.08. The smallest absolute Gasteiger partial charge is 0.407 e. The average Bonchev–Trinajstić information content (AvgIpc) is 2.49. The van der Waals surface area contributed by atoms with Crippen molar-refractivity contribution in [1.82, 2.24) is 5.32 Å². The predicted octanol–water partition coefficient (Wildman–Crippen LogP) is 2.72. The molecule has 1 aromatic carbocycles. The highest BCUT2D eigenvalue weighted by Gasteiger charge is 2.18. The second-order valence-electron chi connectivity index (χ2n) is 5.48. The number of nitrogens with two attached hydrogens (primary N) is 1. The van der Waals surface area contributed by atoms with E-state index < -0.39 is 11.7 Å². The first-order chi connectivity index (χ1) is 10.7. The summed E-state index contributed by atoms with van der Waals surface area (Å²) in [5.74, 6) is -0.362. The van der Waals surface area contributed by atoms with Crippen molar-refractivity contribution < 1.29 is 19.1 Å². The Bertz CT molecular complexity index is 390. The van der Waals surface area contributed by atoms with Gasteiger partial charge in [0, 0.05) is 6.04 Å². The third-order valence-electron chi connectivity index (χ3n) is 2.13. The number of rotatable bonds is 3. The van der Waals surface area contributed by atoms with Gasteiger partial charge in [-0.3, -0.25) is 4.79 Å². The summed E-state index contributed by atoms with van der Waals surface area (Å²) in [4.78, 5) is 22.1. The van der Waals surface area contributed by atoms with E-state index in [1.807, 2.05) is 36.4 Å². The van der Waals surface area contributed by atoms with E-state index in [4.69, 9.17) is 4.74 Å². The lowest BCUT2D eigenvalue weighted by Gasteiger charge is -2.21. The molecule has 0 aliphatic carbocycles. The van der Waals surface area contributed by atoms with Crippen LogP contribution in [-0.4, -0.2) is 37.9 Å². The molecule has 132 valence electrons. The van der Waals surface area contributed by atoms with Gasteiger partial charge in [0.1, 0.15) is 5.60 Å². The molecule has 1 atom stereocenters. The Morgan fingerprint density at radius 1 is 1.04 bits per heavy atom. The summed E-state index contributed by atoms with van der Waals surface area (Å²) in [5.41, 5.74) is 3.97. The lowest BCUT2D eigenvalue weighted by Crippen LogP contribution is -2.38. The molecule has 1 unspecified atom stereocenters. The molecule has 0 spiro atoms. The van der Waals surface area contributed by atoms with Gasteiger partial charge in [0.15, 0.2) is 0 Å². The number of esters is 1. The zero-order valence-corrected chi connectivity index (χ0v) is 15.0. The van der Waals surface area contributed by atoms with Gasteiger partial charge in [-0.05, 0) is 34.7 Å². The number of nitrogens with one attached hydrogen (secondary N) is 1. The molecule has 3 N–H and O–H groups in total. The largest absolute Gasteiger partial charge is 0.469 e. The second kappa shape index (κ2) is 13.6. The molecule has 0 saturated heterocycles. The normalized spacial score (nSPS) is 10.7. The molecular formula is C17H30N2O4. The van der Waals surface area contributed by atoms with Gasteiger partial charge in [-0.2, -0.15) is 0 Å². The number of alkyl carbamates (subject to hydrolysis) is 1. The lowest BCUT2D eigenvalue weighted by molar-refractivity contribution is -0.141. The van der Waals surface area contributed by atoms with Crippen LogP contribution in [0.4, 0.5) is 4.79 Å². The molecule has 0 fully saturated rings. The third kappa shape index (κ3) is 17.9. The summed E-state index contributed by atoms with van der Waals surface area (Å²) in [5, 5.41) is 2.54. The first kappa shape index (κ1) is 23.2. The maximum Gasteiger partial charge on any atom is 0.407 e. The van der Waals surface area contributed by atoms with Gasteiger partial charge >= 0.3 is 12.1 Å². The minimum Gasteiger partial charge on any atom is -0.469 e. The Balaban J connectivity index is 0. The summed E-state index contributed by atoms with van der Waals surface area (Å²) >= 11 is 0. The molecule has 0 bridgehead atoms. The van der Waals surface area contributed by atoms with Gasteiger partial charge in [-0.15, -0.1) is 0 Å². The first-order valence-electron chi connectivity index (χ1n) is 7.38. The minimum absolute atomic E-state index is 0.135. The fourth-order valence-corrected chi connectivity index (χ4v) is 1.28. The minimum atomic E-state index is -0.533. The number of amides is 1. The highest BCUT2D eigenvalue weighted by Crippen LogP contribution is 2.07. The SMILES string of the molecule is CN.COC(=O)CC(C)NC(=O)OC(C)(C)C.c1ccccc1. The molecule has 0 radical (unpaired) electrons. The van der Waals surface area contributed by atoms with Crippen molar-refractivity contribution in [3.8, 4) is 0 Å². The van der Waals surface area contributed by atoms with Crippen LogP contribution in [-0.2, 0) is 14.3 Å². The molecule has 0 aliphatic heterocycles. The van der Waals surface area contributed by atoms with Crippen LogP contribution in [0.15, 0.2) is 36.4 Å². The van der Waals surface area contributed by atoms with Gasteiger partial charge in [0.25, 0.3) is 0 Å². The number of hydrogen-bond donors (Lipinski definition) is 2. The van der Waals surface area contributed by atoms with Crippen LogP contribution in [0.25, 0.3) is 0 Å². The van der Waals surface area contributed by atoms with Crippen molar-refractivity contribution >= 4 is 12.1 Å². The summed E-state index contributed by atoms with van der Waals surface area (Å²) in [6, 6.07) is 11.7. The molecule has 23 heavy (non-hydrogen) atoms. The lowest BCUT2D eigenvalue weighted by atomic mass is 10.2. The van der Waals surface area contributed by atoms with Gasteiger partial charge in [-0.25, -0.2) is 4.79 Å². The quantitative estimate of drug-likeness (QED) is 0.833. The van der Waals surface area contributed by atoms with Gasteiger partial charge in [0.2, 0.25) is 0 Å². The number of carbonyl (C=O) groups is 2. The predicted molar refractivity (Wildman–Crippen MR) is 92.0 cm³/mol. The van der Waals surface area contributed by atoms with E-state index in [0.717, 1.165) is 0 Å². The molecule has 0 heterocycles. The van der Waals surface area contributed by atoms with Crippen LogP contribution in [0.3, 0.4) is 0 Å². The Morgan fingerprint density at radius 2 is 1.43 bits per heavy atom. The molecule has 0 saturated carbocycles. The Labute approximate surface area is 139 Å². The maximum atomic E-state index is 11.3. The zero-order chi connectivity index (χ0) is 18.3. The van der Waals surface area contributed by atoms with Gasteiger partial charge < -0.3 is 20.5 Å². The summed E-state index contributed by atoms with van der Waals surface area (Å²) in [6.07, 6.45) is -0.394. The summed E-state index contributed by atoms with van der Waals surface area (Å²) in [7, 11) is 2.81. The van der Waals surface area contributed by atoms with E-state index >= 15 is 0 Å². The highest BCUT2D eigenvalue weighted by atomic mass is 16.6. The number of methoxy groups -OCH3 is 1. The average molecular weight is 326 g/mol. The van der Waals surface area contributed by atoms with E-state index in [1.165, 1.54) is 14.2 Å². The van der Waals surface area contributed by atoms with Crippen LogP contribution in [0.1, 0.15) is 34.1 Å². The van der Waals surface area contributed by atoms with E-state index in [2.05, 4.69) is 15.8 Å². The topological polar surface area (TPSA) is 90.6 Å². The van der Waals surface area contributed by atoms with E-state index in [1.54, 1.807) is 27.7 Å². The van der Waals surface area contributed by atoms with Crippen LogP contribution >= 0.6 is 0 Å². The van der Waals surface area contributed by atoms with Gasteiger partial charge in [0.05, 0.1) is 13.5 Å². The van der Waals surface area contributed by atoms with E-state index in [-0.39, 0.29) is 18.4 Å². The summed E-state index contributed by atoms with van der Waals surface area (Å²) in [6.45, 7) is 7.04. The van der Waals surface area contributed by atoms with Crippen molar-refractivity contribution in [2.24, 2.45) is 5.73 Å². The van der Waals surface area contributed by atoms with Crippen molar-refractivity contribution in [1.29, 1.82) is 0 Å². The van der Waals surface area contributed by atoms with E-state index in [0.29, 0.717) is 0 Å². The third-order valence-corrected chi connectivity index (χ3v) is 2.13. The molecule has 0 aliphatic rings. The molecule has 0 aromatic heterocycles. The highest BCUT2D eigenvalue weighted by molar-refractivity contribution is 5.72. The van der Waals surface area contributed by atoms with Crippen molar-refractivity contribution in [3.05, 3.63) is 36.4 Å². The van der Waals surface area contributed by atoms with Crippen LogP contribution in [0.2, 0.25) is 0 Å². The van der Waals surface area contributed by atoms with Crippen molar-refractivity contribution in [2.75, 3.05) is 14.2 Å². The van der Waals surface area contributed by atoms with E-state index in [9.17, 15) is 9.59 Å². The summed E-state index contributed by atoms with van der Waals surface area (Å²) < 4.78 is 9.49. The van der Waals surface area contributed by atoms with Crippen LogP contribution in [0, 0.1) is 0 Å². The number of benzene rings is 1. The first-order valence-corrected chi connectivity index (χ1v) is 7.38. The monoisotopic (exact) mass is 326 g/mol. The molecular weight excluding hydrogens is 296 g/mol. The number of ether oxygens (including phenoxy) is 2. The fourth-order valence-electron chi connectivity index (χ4n) is 1.28.